The van der Waals surface area contributed by atoms with Gasteiger partial charge in [0.2, 0.25) is 20.9 Å². The highest BCUT2D eigenvalue weighted by atomic mass is 32.2. The number of carbonyl (C=O) groups excluding carboxylic acids is 1. The normalized spacial score (nSPS) is 12.9. The average Bonchev–Trinajstić information content (AvgIpc) is 3.19. The molecular formula is C24H20F4N4O4S. The topological polar surface area (TPSA) is 103 Å². The lowest BCUT2D eigenvalue weighted by Crippen LogP contribution is -2.33. The van der Waals surface area contributed by atoms with Gasteiger partial charge in [-0.05, 0) is 54.4 Å². The molecule has 37 heavy (non-hydrogen) atoms. The first-order valence-corrected chi connectivity index (χ1v) is 12.5. The molecule has 0 fully saturated rings. The third kappa shape index (κ3) is 6.42. The molecule has 0 saturated carbocycles. The fourth-order valence-electron chi connectivity index (χ4n) is 3.65. The van der Waals surface area contributed by atoms with Gasteiger partial charge in [-0.15, -0.1) is 13.2 Å². The summed E-state index contributed by atoms with van der Waals surface area (Å²) in [7, 11) is -4.27. The number of pyridine rings is 1. The van der Waals surface area contributed by atoms with Crippen molar-refractivity contribution in [2.45, 2.75) is 31.0 Å². The molecule has 13 heteroatoms. The van der Waals surface area contributed by atoms with Gasteiger partial charge in [0.15, 0.2) is 5.65 Å². The van der Waals surface area contributed by atoms with Gasteiger partial charge in [0.1, 0.15) is 22.8 Å². The largest absolute Gasteiger partial charge is 0.573 e. The Bertz CT molecular complexity index is 1520. The minimum atomic E-state index is -4.85. The Morgan fingerprint density at radius 1 is 1.08 bits per heavy atom. The molecule has 8 nitrogen and oxygen atoms in total. The molecule has 194 valence electrons. The number of sulfone groups is 1. The van der Waals surface area contributed by atoms with Gasteiger partial charge in [0.25, 0.3) is 0 Å². The van der Waals surface area contributed by atoms with E-state index in [9.17, 15) is 30.8 Å². The summed E-state index contributed by atoms with van der Waals surface area (Å²) in [6, 6.07) is 12.9. The molecule has 4 aromatic rings. The molecular weight excluding hydrogens is 516 g/mol. The van der Waals surface area contributed by atoms with E-state index in [-0.39, 0.29) is 17.7 Å². The zero-order chi connectivity index (χ0) is 26.8. The average molecular weight is 537 g/mol. The number of ether oxygens (including phenoxy) is 1. The third-order valence-electron chi connectivity index (χ3n) is 5.31. The zero-order valence-corrected chi connectivity index (χ0v) is 20.1. The van der Waals surface area contributed by atoms with Gasteiger partial charge in [-0.1, -0.05) is 24.3 Å². The van der Waals surface area contributed by atoms with Crippen LogP contribution in [0.1, 0.15) is 24.1 Å². The van der Waals surface area contributed by atoms with Crippen LogP contribution >= 0.6 is 0 Å². The first kappa shape index (κ1) is 26.1. The second kappa shape index (κ2) is 10.2. The molecule has 0 aliphatic carbocycles. The summed E-state index contributed by atoms with van der Waals surface area (Å²) >= 11 is 0. The van der Waals surface area contributed by atoms with Crippen LogP contribution in [0, 0.1) is 5.82 Å². The minimum Gasteiger partial charge on any atom is -0.406 e. The van der Waals surface area contributed by atoms with Crippen molar-refractivity contribution in [2.24, 2.45) is 0 Å². The Morgan fingerprint density at radius 2 is 1.76 bits per heavy atom. The van der Waals surface area contributed by atoms with Gasteiger partial charge in [0.05, 0.1) is 12.6 Å². The van der Waals surface area contributed by atoms with E-state index in [4.69, 9.17) is 0 Å². The maximum absolute atomic E-state index is 13.2. The Labute approximate surface area is 208 Å². The van der Waals surface area contributed by atoms with E-state index in [1.807, 2.05) is 0 Å². The van der Waals surface area contributed by atoms with Crippen LogP contribution in [-0.4, -0.2) is 41.0 Å². The molecule has 0 aliphatic heterocycles. The molecule has 1 atom stereocenters. The highest BCUT2D eigenvalue weighted by Gasteiger charge is 2.31. The van der Waals surface area contributed by atoms with Crippen LogP contribution in [0.5, 0.6) is 5.75 Å². The lowest BCUT2D eigenvalue weighted by atomic mass is 10.1. The van der Waals surface area contributed by atoms with Gasteiger partial charge in [0, 0.05) is 6.20 Å². The van der Waals surface area contributed by atoms with Crippen molar-refractivity contribution in [2.75, 3.05) is 5.75 Å². The number of amides is 1. The number of alkyl halides is 3. The molecule has 0 spiro atoms. The number of benzene rings is 2. The number of hydrogen-bond acceptors (Lipinski definition) is 6. The smallest absolute Gasteiger partial charge is 0.406 e. The predicted octanol–water partition coefficient (Wildman–Crippen LogP) is 4.17. The molecule has 0 radical (unpaired) electrons. The highest BCUT2D eigenvalue weighted by molar-refractivity contribution is 7.92. The van der Waals surface area contributed by atoms with Gasteiger partial charge < -0.3 is 10.1 Å². The zero-order valence-electron chi connectivity index (χ0n) is 19.2. The van der Waals surface area contributed by atoms with Crippen LogP contribution in [0.15, 0.2) is 72.0 Å². The van der Waals surface area contributed by atoms with Gasteiger partial charge in [-0.2, -0.15) is 0 Å². The Hall–Kier alpha value is -4.00. The van der Waals surface area contributed by atoms with Crippen LogP contribution < -0.4 is 10.1 Å². The standard InChI is InChI=1S/C24H20F4N4O4S/c1-15(17-6-8-18(25)9-7-17)30-21(33)14-37(34,35)23-31-20-3-2-12-29-22(20)32(23)13-16-4-10-19(11-5-16)36-24(26,27)28/h2-12,15H,13-14H2,1H3,(H,30,33)/t15-/m0/s1. The van der Waals surface area contributed by atoms with Crippen molar-refractivity contribution in [3.05, 3.63) is 83.8 Å². The van der Waals surface area contributed by atoms with E-state index in [0.717, 1.165) is 12.1 Å². The van der Waals surface area contributed by atoms with Crippen LogP contribution in [0.25, 0.3) is 11.2 Å². The summed E-state index contributed by atoms with van der Waals surface area (Å²) in [5, 5.41) is 2.15. The highest BCUT2D eigenvalue weighted by Crippen LogP contribution is 2.25. The van der Waals surface area contributed by atoms with Gasteiger partial charge in [-0.25, -0.2) is 22.8 Å². The predicted molar refractivity (Wildman–Crippen MR) is 125 cm³/mol. The Kier molecular flexibility index (Phi) is 7.16. The number of nitrogens with zero attached hydrogens (tertiary/aromatic N) is 3. The van der Waals surface area contributed by atoms with Gasteiger partial charge >= 0.3 is 6.36 Å². The Morgan fingerprint density at radius 3 is 2.41 bits per heavy atom. The maximum atomic E-state index is 13.2. The fraction of sp³-hybridized carbons (Fsp3) is 0.208. The quantitative estimate of drug-likeness (QED) is 0.339. The van der Waals surface area contributed by atoms with E-state index in [1.54, 1.807) is 19.1 Å². The van der Waals surface area contributed by atoms with Crippen LogP contribution in [0.3, 0.4) is 0 Å². The summed E-state index contributed by atoms with van der Waals surface area (Å²) in [5.41, 5.74) is 1.52. The van der Waals surface area contributed by atoms with E-state index < -0.39 is 50.6 Å². The lowest BCUT2D eigenvalue weighted by Gasteiger charge is -2.15. The third-order valence-corrected chi connectivity index (χ3v) is 6.82. The molecule has 2 aromatic heterocycles. The molecule has 2 heterocycles. The molecule has 4 rings (SSSR count). The number of nitrogens with one attached hydrogen (secondary N) is 1. The summed E-state index contributed by atoms with van der Waals surface area (Å²) in [6.07, 6.45) is -3.41. The second-order valence-corrected chi connectivity index (χ2v) is 10.0. The summed E-state index contributed by atoms with van der Waals surface area (Å²) in [4.78, 5) is 20.9. The minimum absolute atomic E-state index is 0.0953. The molecule has 0 bridgehead atoms. The first-order chi connectivity index (χ1) is 17.4. The van der Waals surface area contributed by atoms with E-state index >= 15 is 0 Å². The fourth-order valence-corrected chi connectivity index (χ4v) is 4.93. The van der Waals surface area contributed by atoms with Crippen LogP contribution in [-0.2, 0) is 21.2 Å². The molecule has 0 unspecified atom stereocenters. The molecule has 1 amide bonds. The number of halogens is 4. The molecule has 0 saturated heterocycles. The van der Waals surface area contributed by atoms with Crippen molar-refractivity contribution in [3.8, 4) is 5.75 Å². The number of rotatable bonds is 8. The number of hydrogen-bond donors (Lipinski definition) is 1. The number of imidazole rings is 1. The van der Waals surface area contributed by atoms with E-state index in [1.165, 1.54) is 47.2 Å². The second-order valence-electron chi connectivity index (χ2n) is 8.12. The maximum Gasteiger partial charge on any atom is 0.573 e. The van der Waals surface area contributed by atoms with Crippen LogP contribution in [0.2, 0.25) is 0 Å². The monoisotopic (exact) mass is 536 g/mol. The SMILES string of the molecule is C[C@H](NC(=O)CS(=O)(=O)c1nc2cccnc2n1Cc1ccc(OC(F)(F)F)cc1)c1ccc(F)cc1. The van der Waals surface area contributed by atoms with E-state index in [0.29, 0.717) is 11.1 Å². The summed E-state index contributed by atoms with van der Waals surface area (Å²) < 4.78 is 82.1. The summed E-state index contributed by atoms with van der Waals surface area (Å²) in [5.74, 6) is -2.58. The van der Waals surface area contributed by atoms with Crippen molar-refractivity contribution >= 4 is 26.9 Å². The lowest BCUT2D eigenvalue weighted by molar-refractivity contribution is -0.274. The number of carbonyl (C=O) groups is 1. The first-order valence-electron chi connectivity index (χ1n) is 10.8. The van der Waals surface area contributed by atoms with Crippen molar-refractivity contribution in [1.29, 1.82) is 0 Å². The summed E-state index contributed by atoms with van der Waals surface area (Å²) in [6.45, 7) is 1.53. The number of aromatic nitrogens is 3. The Balaban J connectivity index is 1.58. The van der Waals surface area contributed by atoms with Crippen LogP contribution in [0.4, 0.5) is 17.6 Å². The van der Waals surface area contributed by atoms with Crippen molar-refractivity contribution < 1.29 is 35.5 Å². The molecule has 1 N–H and O–H groups in total. The number of fused-ring (bicyclic) bond motifs is 1. The molecule has 2 aromatic carbocycles. The van der Waals surface area contributed by atoms with E-state index in [2.05, 4.69) is 20.0 Å². The molecule has 0 aliphatic rings. The van der Waals surface area contributed by atoms with Gasteiger partial charge in [-0.3, -0.25) is 9.36 Å². The van der Waals surface area contributed by atoms with Crippen molar-refractivity contribution in [1.82, 2.24) is 19.9 Å². The van der Waals surface area contributed by atoms with Crippen molar-refractivity contribution in [3.63, 3.8) is 0 Å².